The maximum absolute atomic E-state index is 13.2. The van der Waals surface area contributed by atoms with Gasteiger partial charge in [-0.25, -0.2) is 0 Å². The summed E-state index contributed by atoms with van der Waals surface area (Å²) in [6, 6.07) is 15.6. The van der Waals surface area contributed by atoms with Gasteiger partial charge in [0.15, 0.2) is 17.3 Å². The first-order valence-corrected chi connectivity index (χ1v) is 11.0. The lowest BCUT2D eigenvalue weighted by Gasteiger charge is -2.08. The summed E-state index contributed by atoms with van der Waals surface area (Å²) in [5.41, 5.74) is 2.55. The Kier molecular flexibility index (Phi) is 5.85. The lowest BCUT2D eigenvalue weighted by Crippen LogP contribution is -2.01. The van der Waals surface area contributed by atoms with Crippen molar-refractivity contribution < 1.29 is 38.1 Å². The fraction of sp³-hybridized carbons (Fsp3) is 0.143. The van der Waals surface area contributed by atoms with E-state index < -0.39 is 5.97 Å². The first-order chi connectivity index (χ1) is 17.4. The van der Waals surface area contributed by atoms with Crippen LogP contribution in [0.1, 0.15) is 21.5 Å². The number of carboxylic acid groups (broad SMARTS) is 1. The Labute approximate surface area is 206 Å². The van der Waals surface area contributed by atoms with E-state index in [1.165, 1.54) is 7.11 Å². The number of carbonyl (C=O) groups excluding carboxylic acids is 1. The molecule has 0 aliphatic carbocycles. The van der Waals surface area contributed by atoms with E-state index in [9.17, 15) is 14.7 Å². The summed E-state index contributed by atoms with van der Waals surface area (Å²) in [4.78, 5) is 25.0. The van der Waals surface area contributed by atoms with Crippen molar-refractivity contribution in [2.24, 2.45) is 0 Å². The van der Waals surface area contributed by atoms with Crippen LogP contribution < -0.4 is 18.9 Å². The maximum Gasteiger partial charge on any atom is 0.307 e. The van der Waals surface area contributed by atoms with E-state index in [0.29, 0.717) is 56.2 Å². The Morgan fingerprint density at radius 1 is 0.944 bits per heavy atom. The van der Waals surface area contributed by atoms with Crippen LogP contribution in [0.5, 0.6) is 23.0 Å². The SMILES string of the molecule is COc1ccc(-c2oc3ccc4c(c3c2CC(=O)O)OC(=Cc2ccc(OC)c(OC)c2)C4=O)cc1. The summed E-state index contributed by atoms with van der Waals surface area (Å²) in [6.45, 7) is 0. The van der Waals surface area contributed by atoms with E-state index in [1.807, 2.05) is 0 Å². The molecule has 5 rings (SSSR count). The van der Waals surface area contributed by atoms with E-state index in [1.54, 1.807) is 74.9 Å². The highest BCUT2D eigenvalue weighted by atomic mass is 16.5. The van der Waals surface area contributed by atoms with Crippen molar-refractivity contribution in [3.63, 3.8) is 0 Å². The monoisotopic (exact) mass is 486 g/mol. The number of carboxylic acids is 1. The van der Waals surface area contributed by atoms with E-state index >= 15 is 0 Å². The third-order valence-corrected chi connectivity index (χ3v) is 5.97. The molecule has 2 heterocycles. The molecule has 0 atom stereocenters. The topological polar surface area (TPSA) is 104 Å². The molecule has 1 aliphatic heterocycles. The minimum absolute atomic E-state index is 0.109. The molecule has 4 aromatic rings. The second-order valence-electron chi connectivity index (χ2n) is 8.08. The number of fused-ring (bicyclic) bond motifs is 3. The van der Waals surface area contributed by atoms with Gasteiger partial charge in [-0.15, -0.1) is 0 Å². The first kappa shape index (κ1) is 23.0. The molecule has 0 fully saturated rings. The summed E-state index contributed by atoms with van der Waals surface area (Å²) >= 11 is 0. The van der Waals surface area contributed by atoms with Crippen molar-refractivity contribution in [2.75, 3.05) is 21.3 Å². The number of ether oxygens (including phenoxy) is 4. The molecule has 0 bridgehead atoms. The molecule has 1 aromatic heterocycles. The lowest BCUT2D eigenvalue weighted by molar-refractivity contribution is -0.136. The largest absolute Gasteiger partial charge is 0.497 e. The number of ketones is 1. The number of Topliss-reactive ketones (excluding diaryl/α,β-unsaturated/α-hetero) is 1. The first-order valence-electron chi connectivity index (χ1n) is 11.0. The highest BCUT2D eigenvalue weighted by Crippen LogP contribution is 2.45. The predicted molar refractivity (Wildman–Crippen MR) is 132 cm³/mol. The summed E-state index contributed by atoms with van der Waals surface area (Å²) in [5.74, 6) is 1.19. The van der Waals surface area contributed by atoms with Crippen LogP contribution in [-0.2, 0) is 11.2 Å². The van der Waals surface area contributed by atoms with Gasteiger partial charge in [0.25, 0.3) is 0 Å². The molecular formula is C28H22O8. The third kappa shape index (κ3) is 3.92. The molecule has 0 spiro atoms. The average Bonchev–Trinajstić information content (AvgIpc) is 3.41. The zero-order valence-corrected chi connectivity index (χ0v) is 19.8. The van der Waals surface area contributed by atoms with Crippen LogP contribution >= 0.6 is 0 Å². The molecule has 3 aromatic carbocycles. The second-order valence-corrected chi connectivity index (χ2v) is 8.08. The van der Waals surface area contributed by atoms with Crippen molar-refractivity contribution in [1.29, 1.82) is 0 Å². The van der Waals surface area contributed by atoms with Crippen LogP contribution in [0.3, 0.4) is 0 Å². The fourth-order valence-corrected chi connectivity index (χ4v) is 4.28. The van der Waals surface area contributed by atoms with E-state index in [2.05, 4.69) is 0 Å². The Morgan fingerprint density at radius 2 is 1.69 bits per heavy atom. The second kappa shape index (κ2) is 9.14. The number of hydrogen-bond donors (Lipinski definition) is 1. The van der Waals surface area contributed by atoms with Crippen LogP contribution in [0.25, 0.3) is 28.4 Å². The van der Waals surface area contributed by atoms with Gasteiger partial charge in [-0.1, -0.05) is 6.07 Å². The quantitative estimate of drug-likeness (QED) is 0.348. The highest BCUT2D eigenvalue weighted by Gasteiger charge is 2.33. The molecule has 8 heteroatoms. The normalized spacial score (nSPS) is 13.5. The molecule has 0 amide bonds. The third-order valence-electron chi connectivity index (χ3n) is 5.97. The number of benzene rings is 3. The number of hydrogen-bond acceptors (Lipinski definition) is 7. The summed E-state index contributed by atoms with van der Waals surface area (Å²) in [5, 5.41) is 10.1. The van der Waals surface area contributed by atoms with Crippen LogP contribution in [0.2, 0.25) is 0 Å². The minimum atomic E-state index is -1.03. The smallest absolute Gasteiger partial charge is 0.307 e. The summed E-state index contributed by atoms with van der Waals surface area (Å²) in [6.07, 6.45) is 1.30. The molecule has 36 heavy (non-hydrogen) atoms. The van der Waals surface area contributed by atoms with Gasteiger partial charge >= 0.3 is 5.97 Å². The molecule has 1 aliphatic rings. The van der Waals surface area contributed by atoms with Crippen molar-refractivity contribution in [3.8, 4) is 34.3 Å². The van der Waals surface area contributed by atoms with Crippen molar-refractivity contribution >= 4 is 28.8 Å². The zero-order chi connectivity index (χ0) is 25.4. The lowest BCUT2D eigenvalue weighted by atomic mass is 10.00. The van der Waals surface area contributed by atoms with Crippen molar-refractivity contribution in [1.82, 2.24) is 0 Å². The Bertz CT molecular complexity index is 1530. The van der Waals surface area contributed by atoms with Gasteiger partial charge in [-0.2, -0.15) is 0 Å². The Morgan fingerprint density at radius 3 is 2.36 bits per heavy atom. The molecule has 0 radical (unpaired) electrons. The van der Waals surface area contributed by atoms with Gasteiger partial charge in [0.2, 0.25) is 5.78 Å². The molecule has 0 unspecified atom stereocenters. The van der Waals surface area contributed by atoms with Crippen LogP contribution in [-0.4, -0.2) is 38.2 Å². The number of carbonyl (C=O) groups is 2. The van der Waals surface area contributed by atoms with Gasteiger partial charge in [-0.3, -0.25) is 9.59 Å². The zero-order valence-electron chi connectivity index (χ0n) is 19.8. The minimum Gasteiger partial charge on any atom is -0.497 e. The highest BCUT2D eigenvalue weighted by molar-refractivity contribution is 6.18. The van der Waals surface area contributed by atoms with E-state index in [0.717, 1.165) is 0 Å². The molecule has 0 saturated heterocycles. The summed E-state index contributed by atoms with van der Waals surface area (Å²) in [7, 11) is 4.64. The van der Waals surface area contributed by atoms with E-state index in [-0.39, 0.29) is 23.7 Å². The fourth-order valence-electron chi connectivity index (χ4n) is 4.28. The number of aliphatic carboxylic acids is 1. The number of methoxy groups -OCH3 is 3. The molecule has 0 saturated carbocycles. The Hall–Kier alpha value is -4.72. The number of rotatable bonds is 7. The van der Waals surface area contributed by atoms with Crippen molar-refractivity contribution in [2.45, 2.75) is 6.42 Å². The average molecular weight is 486 g/mol. The maximum atomic E-state index is 13.2. The molecule has 182 valence electrons. The molecule has 1 N–H and O–H groups in total. The Balaban J connectivity index is 1.62. The standard InChI is InChI=1S/C28H22O8/c1-32-17-7-5-16(6-8-17)27-19(14-24(29)30)25-21(35-27)11-9-18-26(31)23(36-28(18)25)13-15-4-10-20(33-2)22(12-15)34-3/h4-13H,14H2,1-3H3,(H,29,30). The van der Waals surface area contributed by atoms with Crippen LogP contribution in [0.15, 0.2) is 64.8 Å². The van der Waals surface area contributed by atoms with Gasteiger partial charge < -0.3 is 28.5 Å². The van der Waals surface area contributed by atoms with E-state index in [4.69, 9.17) is 23.4 Å². The van der Waals surface area contributed by atoms with Crippen LogP contribution in [0, 0.1) is 0 Å². The summed E-state index contributed by atoms with van der Waals surface area (Å²) < 4.78 is 28.0. The van der Waals surface area contributed by atoms with Gasteiger partial charge in [0.1, 0.15) is 22.8 Å². The van der Waals surface area contributed by atoms with Gasteiger partial charge in [0, 0.05) is 11.1 Å². The molecular weight excluding hydrogens is 464 g/mol. The number of allylic oxidation sites excluding steroid dienone is 1. The van der Waals surface area contributed by atoms with Crippen molar-refractivity contribution in [3.05, 3.63) is 77.0 Å². The molecule has 8 nitrogen and oxygen atoms in total. The number of furan rings is 1. The predicted octanol–water partition coefficient (Wildman–Crippen LogP) is 5.37. The van der Waals surface area contributed by atoms with Gasteiger partial charge in [-0.05, 0) is 60.2 Å². The van der Waals surface area contributed by atoms with Crippen LogP contribution in [0.4, 0.5) is 0 Å². The van der Waals surface area contributed by atoms with Gasteiger partial charge in [0.05, 0.1) is 38.7 Å².